The van der Waals surface area contributed by atoms with Crippen molar-refractivity contribution in [2.45, 2.75) is 64.4 Å². The van der Waals surface area contributed by atoms with Gasteiger partial charge in [0.25, 0.3) is 0 Å². The first-order chi connectivity index (χ1) is 11.0. The standard InChI is InChI=1S/C20H26O4/c1-18(2,24)12-6-7-14-13(10-12)15(21)11-16-19(14,3)8-5-9-20(16,4)17(22)23/h6-7,10,16,24H,5,8-9,11H2,1-4H3,(H,22,23)/t16-,19-,20-/m1/s1. The minimum absolute atomic E-state index is 0.00653. The number of aliphatic carboxylic acids is 1. The van der Waals surface area contributed by atoms with E-state index < -0.39 is 17.0 Å². The number of carbonyl (C=O) groups is 2. The van der Waals surface area contributed by atoms with Gasteiger partial charge >= 0.3 is 5.97 Å². The lowest BCUT2D eigenvalue weighted by Crippen LogP contribution is -2.53. The second-order valence-corrected chi connectivity index (χ2v) is 8.49. The van der Waals surface area contributed by atoms with E-state index in [9.17, 15) is 19.8 Å². The summed E-state index contributed by atoms with van der Waals surface area (Å²) < 4.78 is 0. The number of benzene rings is 1. The summed E-state index contributed by atoms with van der Waals surface area (Å²) in [6.45, 7) is 7.30. The maximum absolute atomic E-state index is 12.8. The first-order valence-electron chi connectivity index (χ1n) is 8.64. The summed E-state index contributed by atoms with van der Waals surface area (Å²) in [4.78, 5) is 24.7. The molecule has 0 amide bonds. The van der Waals surface area contributed by atoms with Crippen LogP contribution in [0.5, 0.6) is 0 Å². The molecule has 3 rings (SSSR count). The summed E-state index contributed by atoms with van der Waals surface area (Å²) in [5.41, 5.74) is 0.137. The molecule has 2 N–H and O–H groups in total. The number of carboxylic acids is 1. The van der Waals surface area contributed by atoms with Gasteiger partial charge in [-0.3, -0.25) is 9.59 Å². The van der Waals surface area contributed by atoms with Crippen LogP contribution >= 0.6 is 0 Å². The minimum Gasteiger partial charge on any atom is -0.481 e. The molecule has 0 bridgehead atoms. The molecule has 1 aromatic rings. The van der Waals surface area contributed by atoms with Gasteiger partial charge in [-0.2, -0.15) is 0 Å². The number of ketones is 1. The number of fused-ring (bicyclic) bond motifs is 3. The summed E-state index contributed by atoms with van der Waals surface area (Å²) in [7, 11) is 0. The number of Topliss-reactive ketones (excluding diaryl/α,β-unsaturated/α-hetero) is 1. The van der Waals surface area contributed by atoms with Crippen molar-refractivity contribution in [3.8, 4) is 0 Å². The quantitative estimate of drug-likeness (QED) is 0.868. The minimum atomic E-state index is -1.00. The Hall–Kier alpha value is -1.68. The van der Waals surface area contributed by atoms with Crippen LogP contribution in [0, 0.1) is 11.3 Å². The molecule has 0 radical (unpaired) electrons. The second kappa shape index (κ2) is 5.16. The molecule has 4 heteroatoms. The van der Waals surface area contributed by atoms with Crippen LogP contribution in [0.1, 0.15) is 74.9 Å². The summed E-state index contributed by atoms with van der Waals surface area (Å²) in [5.74, 6) is -1.00. The molecule has 3 atom stereocenters. The molecule has 0 saturated heterocycles. The van der Waals surface area contributed by atoms with Gasteiger partial charge in [0.05, 0.1) is 11.0 Å². The Morgan fingerprint density at radius 3 is 2.50 bits per heavy atom. The molecule has 2 aliphatic rings. The summed E-state index contributed by atoms with van der Waals surface area (Å²) in [6, 6.07) is 5.60. The highest BCUT2D eigenvalue weighted by Gasteiger charge is 2.56. The van der Waals surface area contributed by atoms with Crippen LogP contribution in [0.25, 0.3) is 0 Å². The molecule has 24 heavy (non-hydrogen) atoms. The zero-order valence-corrected chi connectivity index (χ0v) is 14.8. The van der Waals surface area contributed by atoms with Gasteiger partial charge in [-0.05, 0) is 62.1 Å². The van der Waals surface area contributed by atoms with E-state index in [4.69, 9.17) is 0 Å². The van der Waals surface area contributed by atoms with E-state index in [0.29, 0.717) is 17.5 Å². The topological polar surface area (TPSA) is 74.6 Å². The highest BCUT2D eigenvalue weighted by atomic mass is 16.4. The number of hydrogen-bond donors (Lipinski definition) is 2. The van der Waals surface area contributed by atoms with E-state index in [0.717, 1.165) is 18.4 Å². The fourth-order valence-corrected chi connectivity index (χ4v) is 4.85. The van der Waals surface area contributed by atoms with Gasteiger partial charge in [0, 0.05) is 12.0 Å². The Morgan fingerprint density at radius 1 is 1.25 bits per heavy atom. The fourth-order valence-electron chi connectivity index (χ4n) is 4.85. The summed E-state index contributed by atoms with van der Waals surface area (Å²) in [6.07, 6.45) is 2.62. The number of aliphatic hydroxyl groups is 1. The lowest BCUT2D eigenvalue weighted by atomic mass is 9.49. The second-order valence-electron chi connectivity index (χ2n) is 8.49. The molecule has 1 aromatic carbocycles. The average molecular weight is 330 g/mol. The SMILES string of the molecule is CC(C)(O)c1ccc2c(c1)C(=O)C[C@H]1[C@](C)(C(=O)O)CCC[C@]21C. The zero-order chi connectivity index (χ0) is 17.9. The van der Waals surface area contributed by atoms with E-state index in [1.165, 1.54) is 0 Å². The molecule has 0 aromatic heterocycles. The molecule has 0 aliphatic heterocycles. The Bertz CT molecular complexity index is 715. The fraction of sp³-hybridized carbons (Fsp3) is 0.600. The van der Waals surface area contributed by atoms with E-state index in [2.05, 4.69) is 6.92 Å². The van der Waals surface area contributed by atoms with Crippen molar-refractivity contribution in [1.29, 1.82) is 0 Å². The van der Waals surface area contributed by atoms with E-state index in [1.54, 1.807) is 26.8 Å². The molecule has 4 nitrogen and oxygen atoms in total. The van der Waals surface area contributed by atoms with Crippen LogP contribution in [0.15, 0.2) is 18.2 Å². The van der Waals surface area contributed by atoms with Crippen molar-refractivity contribution in [3.05, 3.63) is 34.9 Å². The van der Waals surface area contributed by atoms with Crippen molar-refractivity contribution < 1.29 is 19.8 Å². The molecule has 1 saturated carbocycles. The van der Waals surface area contributed by atoms with Gasteiger partial charge in [-0.1, -0.05) is 25.5 Å². The molecule has 1 fully saturated rings. The lowest BCUT2D eigenvalue weighted by Gasteiger charge is -2.53. The van der Waals surface area contributed by atoms with Crippen LogP contribution in [-0.2, 0) is 15.8 Å². The molecule has 2 aliphatic carbocycles. The van der Waals surface area contributed by atoms with Crippen LogP contribution in [0.4, 0.5) is 0 Å². The van der Waals surface area contributed by atoms with Crippen LogP contribution in [0.3, 0.4) is 0 Å². The highest BCUT2D eigenvalue weighted by Crippen LogP contribution is 2.57. The van der Waals surface area contributed by atoms with Crippen molar-refractivity contribution in [2.24, 2.45) is 11.3 Å². The molecule has 0 heterocycles. The van der Waals surface area contributed by atoms with E-state index in [1.807, 2.05) is 12.1 Å². The third-order valence-electron chi connectivity index (χ3n) is 6.45. The first kappa shape index (κ1) is 17.2. The monoisotopic (exact) mass is 330 g/mol. The van der Waals surface area contributed by atoms with Crippen molar-refractivity contribution >= 4 is 11.8 Å². The van der Waals surface area contributed by atoms with Gasteiger partial charge < -0.3 is 10.2 Å². The first-order valence-corrected chi connectivity index (χ1v) is 8.64. The lowest BCUT2D eigenvalue weighted by molar-refractivity contribution is -0.156. The largest absolute Gasteiger partial charge is 0.481 e. The van der Waals surface area contributed by atoms with Crippen molar-refractivity contribution in [2.75, 3.05) is 0 Å². The third-order valence-corrected chi connectivity index (χ3v) is 6.45. The average Bonchev–Trinajstić information content (AvgIpc) is 2.48. The van der Waals surface area contributed by atoms with Gasteiger partial charge in [-0.15, -0.1) is 0 Å². The van der Waals surface area contributed by atoms with Crippen LogP contribution < -0.4 is 0 Å². The Kier molecular flexibility index (Phi) is 3.69. The summed E-state index contributed by atoms with van der Waals surface area (Å²) >= 11 is 0. The third kappa shape index (κ3) is 2.31. The van der Waals surface area contributed by atoms with E-state index in [-0.39, 0.29) is 23.5 Å². The van der Waals surface area contributed by atoms with Crippen LogP contribution in [-0.4, -0.2) is 22.0 Å². The molecule has 0 unspecified atom stereocenters. The Morgan fingerprint density at radius 2 is 1.92 bits per heavy atom. The number of carboxylic acid groups (broad SMARTS) is 1. The molecule has 0 spiro atoms. The molecular weight excluding hydrogens is 304 g/mol. The zero-order valence-electron chi connectivity index (χ0n) is 14.8. The smallest absolute Gasteiger partial charge is 0.309 e. The van der Waals surface area contributed by atoms with Crippen molar-refractivity contribution in [1.82, 2.24) is 0 Å². The van der Waals surface area contributed by atoms with Gasteiger partial charge in [0.15, 0.2) is 5.78 Å². The van der Waals surface area contributed by atoms with Crippen molar-refractivity contribution in [3.63, 3.8) is 0 Å². The maximum atomic E-state index is 12.8. The highest BCUT2D eigenvalue weighted by molar-refractivity contribution is 6.00. The predicted molar refractivity (Wildman–Crippen MR) is 91.1 cm³/mol. The normalized spacial score (nSPS) is 32.9. The van der Waals surface area contributed by atoms with E-state index >= 15 is 0 Å². The summed E-state index contributed by atoms with van der Waals surface area (Å²) in [5, 5.41) is 20.0. The maximum Gasteiger partial charge on any atom is 0.309 e. The predicted octanol–water partition coefficient (Wildman–Crippen LogP) is 3.65. The van der Waals surface area contributed by atoms with Gasteiger partial charge in [0.2, 0.25) is 0 Å². The Balaban J connectivity index is 2.16. The molecular formula is C20H26O4. The van der Waals surface area contributed by atoms with Crippen LogP contribution in [0.2, 0.25) is 0 Å². The molecule has 130 valence electrons. The van der Waals surface area contributed by atoms with Gasteiger partial charge in [0.1, 0.15) is 0 Å². The number of carbonyl (C=O) groups excluding carboxylic acids is 1. The van der Waals surface area contributed by atoms with Gasteiger partial charge in [-0.25, -0.2) is 0 Å². The number of rotatable bonds is 2. The number of hydrogen-bond acceptors (Lipinski definition) is 3. The Labute approximate surface area is 142 Å².